The van der Waals surface area contributed by atoms with Crippen LogP contribution < -0.4 is 19.9 Å². The summed E-state index contributed by atoms with van der Waals surface area (Å²) in [5.74, 6) is 0.700. The van der Waals surface area contributed by atoms with E-state index in [1.54, 1.807) is 16.9 Å². The summed E-state index contributed by atoms with van der Waals surface area (Å²) in [6, 6.07) is 16.7. The summed E-state index contributed by atoms with van der Waals surface area (Å²) in [6.45, 7) is 3.20. The molecular formula is C22H27N3O3. The van der Waals surface area contributed by atoms with Gasteiger partial charge in [0.2, 0.25) is 5.91 Å². The number of anilines is 2. The second-order valence-electron chi connectivity index (χ2n) is 6.90. The quantitative estimate of drug-likeness (QED) is 0.793. The number of unbranched alkanes of at least 4 members (excludes halogenated alkanes) is 1. The number of para-hydroxylation sites is 1. The van der Waals surface area contributed by atoms with Gasteiger partial charge in [-0.15, -0.1) is 0 Å². The van der Waals surface area contributed by atoms with Crippen LogP contribution in [0, 0.1) is 0 Å². The molecule has 0 spiro atoms. The third-order valence-corrected chi connectivity index (χ3v) is 4.87. The highest BCUT2D eigenvalue weighted by molar-refractivity contribution is 5.98. The van der Waals surface area contributed by atoms with Crippen LogP contribution in [0.5, 0.6) is 5.75 Å². The second kappa shape index (κ2) is 9.26. The minimum Gasteiger partial charge on any atom is -0.497 e. The van der Waals surface area contributed by atoms with E-state index in [4.69, 9.17) is 4.74 Å². The monoisotopic (exact) mass is 381 g/mol. The molecule has 1 unspecified atom stereocenters. The lowest BCUT2D eigenvalue weighted by Gasteiger charge is -2.25. The third-order valence-electron chi connectivity index (χ3n) is 4.87. The summed E-state index contributed by atoms with van der Waals surface area (Å²) in [7, 11) is 1.60. The van der Waals surface area contributed by atoms with Crippen molar-refractivity contribution in [3.63, 3.8) is 0 Å². The highest BCUT2D eigenvalue weighted by Gasteiger charge is 2.32. The van der Waals surface area contributed by atoms with Gasteiger partial charge in [-0.2, -0.15) is 0 Å². The molecule has 0 bridgehead atoms. The Morgan fingerprint density at radius 2 is 2.00 bits per heavy atom. The number of carbonyl (C=O) groups is 2. The Morgan fingerprint density at radius 3 is 2.71 bits per heavy atom. The molecule has 6 nitrogen and oxygen atoms in total. The minimum absolute atomic E-state index is 0.00151. The highest BCUT2D eigenvalue weighted by Crippen LogP contribution is 2.25. The first-order valence-electron chi connectivity index (χ1n) is 9.70. The van der Waals surface area contributed by atoms with E-state index in [1.807, 2.05) is 54.6 Å². The SMILES string of the molecule is CCCCN(C(=O)NC1CC(=O)N(c2cccc(OC)c2)C1)c1ccccc1. The van der Waals surface area contributed by atoms with E-state index in [0.717, 1.165) is 24.2 Å². The zero-order valence-electron chi connectivity index (χ0n) is 16.4. The van der Waals surface area contributed by atoms with Crippen LogP contribution in [0.25, 0.3) is 0 Å². The van der Waals surface area contributed by atoms with Crippen LogP contribution in [0.2, 0.25) is 0 Å². The van der Waals surface area contributed by atoms with Crippen molar-refractivity contribution in [2.45, 2.75) is 32.2 Å². The first-order chi connectivity index (χ1) is 13.6. The Hall–Kier alpha value is -3.02. The number of carbonyl (C=O) groups excluding carboxylic acids is 2. The second-order valence-corrected chi connectivity index (χ2v) is 6.90. The Balaban J connectivity index is 1.68. The standard InChI is InChI=1S/C22H27N3O3/c1-3-4-13-24(18-9-6-5-7-10-18)22(27)23-17-14-21(26)25(16-17)19-11-8-12-20(15-19)28-2/h5-12,15,17H,3-4,13-14,16H2,1-2H3,(H,23,27). The van der Waals surface area contributed by atoms with Crippen molar-refractivity contribution in [2.75, 3.05) is 30.0 Å². The fourth-order valence-corrected chi connectivity index (χ4v) is 3.36. The normalized spacial score (nSPS) is 16.1. The van der Waals surface area contributed by atoms with E-state index < -0.39 is 0 Å². The maximum Gasteiger partial charge on any atom is 0.322 e. The molecule has 0 aromatic heterocycles. The van der Waals surface area contributed by atoms with Crippen molar-refractivity contribution in [1.29, 1.82) is 0 Å². The lowest BCUT2D eigenvalue weighted by molar-refractivity contribution is -0.117. The van der Waals surface area contributed by atoms with E-state index in [0.29, 0.717) is 25.3 Å². The maximum atomic E-state index is 12.9. The van der Waals surface area contributed by atoms with E-state index in [9.17, 15) is 9.59 Å². The molecular weight excluding hydrogens is 354 g/mol. The van der Waals surface area contributed by atoms with Crippen LogP contribution in [0.15, 0.2) is 54.6 Å². The molecule has 28 heavy (non-hydrogen) atoms. The topological polar surface area (TPSA) is 61.9 Å². The average Bonchev–Trinajstić information content (AvgIpc) is 3.09. The summed E-state index contributed by atoms with van der Waals surface area (Å²) in [6.07, 6.45) is 2.21. The molecule has 1 fully saturated rings. The minimum atomic E-state index is -0.223. The number of urea groups is 1. The molecule has 1 heterocycles. The van der Waals surface area contributed by atoms with Gasteiger partial charge in [0.05, 0.1) is 13.2 Å². The van der Waals surface area contributed by atoms with Gasteiger partial charge in [0.25, 0.3) is 0 Å². The number of benzene rings is 2. The van der Waals surface area contributed by atoms with Crippen molar-refractivity contribution < 1.29 is 14.3 Å². The van der Waals surface area contributed by atoms with Crippen molar-refractivity contribution in [2.24, 2.45) is 0 Å². The number of nitrogens with one attached hydrogen (secondary N) is 1. The fourth-order valence-electron chi connectivity index (χ4n) is 3.36. The summed E-state index contributed by atoms with van der Waals surface area (Å²) in [4.78, 5) is 28.9. The molecule has 3 rings (SSSR count). The molecule has 1 N–H and O–H groups in total. The van der Waals surface area contributed by atoms with Crippen molar-refractivity contribution in [3.8, 4) is 5.75 Å². The van der Waals surface area contributed by atoms with Gasteiger partial charge in [0, 0.05) is 37.0 Å². The molecule has 1 aliphatic heterocycles. The van der Waals surface area contributed by atoms with Crippen LogP contribution in [0.4, 0.5) is 16.2 Å². The first-order valence-corrected chi connectivity index (χ1v) is 9.70. The summed E-state index contributed by atoms with van der Waals surface area (Å²) >= 11 is 0. The molecule has 2 aromatic rings. The van der Waals surface area contributed by atoms with Gasteiger partial charge in [-0.25, -0.2) is 4.79 Å². The van der Waals surface area contributed by atoms with Crippen LogP contribution in [-0.4, -0.2) is 38.2 Å². The smallest absolute Gasteiger partial charge is 0.322 e. The van der Waals surface area contributed by atoms with Crippen molar-refractivity contribution in [1.82, 2.24) is 5.32 Å². The molecule has 0 radical (unpaired) electrons. The Morgan fingerprint density at radius 1 is 1.21 bits per heavy atom. The molecule has 148 valence electrons. The molecule has 6 heteroatoms. The number of ether oxygens (including phenoxy) is 1. The van der Waals surface area contributed by atoms with E-state index >= 15 is 0 Å². The number of nitrogens with zero attached hydrogens (tertiary/aromatic N) is 2. The van der Waals surface area contributed by atoms with Gasteiger partial charge >= 0.3 is 6.03 Å². The van der Waals surface area contributed by atoms with E-state index in [1.165, 1.54) is 0 Å². The highest BCUT2D eigenvalue weighted by atomic mass is 16.5. The number of methoxy groups -OCH3 is 1. The predicted molar refractivity (Wildman–Crippen MR) is 111 cm³/mol. The van der Waals surface area contributed by atoms with Gasteiger partial charge < -0.3 is 15.0 Å². The van der Waals surface area contributed by atoms with Crippen molar-refractivity contribution in [3.05, 3.63) is 54.6 Å². The maximum absolute atomic E-state index is 12.9. The van der Waals surface area contributed by atoms with E-state index in [2.05, 4.69) is 12.2 Å². The number of hydrogen-bond acceptors (Lipinski definition) is 3. The van der Waals surface area contributed by atoms with Gasteiger partial charge in [-0.05, 0) is 30.7 Å². The number of rotatable bonds is 7. The summed E-state index contributed by atoms with van der Waals surface area (Å²) < 4.78 is 5.24. The van der Waals surface area contributed by atoms with Gasteiger partial charge in [0.15, 0.2) is 0 Å². The Labute approximate surface area is 166 Å². The first kappa shape index (κ1) is 19.7. The number of amides is 3. The molecule has 0 saturated carbocycles. The van der Waals surface area contributed by atoms with Crippen LogP contribution >= 0.6 is 0 Å². The zero-order valence-corrected chi connectivity index (χ0v) is 16.4. The molecule has 2 aromatic carbocycles. The molecule has 1 aliphatic rings. The lowest BCUT2D eigenvalue weighted by Crippen LogP contribution is -2.46. The number of hydrogen-bond donors (Lipinski definition) is 1. The van der Waals surface area contributed by atoms with Gasteiger partial charge in [0.1, 0.15) is 5.75 Å². The largest absolute Gasteiger partial charge is 0.497 e. The Bertz CT molecular complexity index is 810. The summed E-state index contributed by atoms with van der Waals surface area (Å²) in [5.41, 5.74) is 1.65. The Kier molecular flexibility index (Phi) is 6.53. The van der Waals surface area contributed by atoms with Crippen molar-refractivity contribution >= 4 is 23.3 Å². The molecule has 1 saturated heterocycles. The lowest BCUT2D eigenvalue weighted by atomic mass is 10.2. The average molecular weight is 381 g/mol. The predicted octanol–water partition coefficient (Wildman–Crippen LogP) is 3.82. The van der Waals surface area contributed by atoms with Gasteiger partial charge in [-0.3, -0.25) is 9.69 Å². The van der Waals surface area contributed by atoms with Gasteiger partial charge in [-0.1, -0.05) is 37.6 Å². The molecule has 1 atom stereocenters. The summed E-state index contributed by atoms with van der Waals surface area (Å²) in [5, 5.41) is 3.04. The molecule has 0 aliphatic carbocycles. The third kappa shape index (κ3) is 4.63. The zero-order chi connectivity index (χ0) is 19.9. The molecule has 3 amide bonds. The van der Waals surface area contributed by atoms with E-state index in [-0.39, 0.29) is 18.0 Å². The van der Waals surface area contributed by atoms with Crippen LogP contribution in [0.3, 0.4) is 0 Å². The van der Waals surface area contributed by atoms with Crippen LogP contribution in [0.1, 0.15) is 26.2 Å². The fraction of sp³-hybridized carbons (Fsp3) is 0.364. The van der Waals surface area contributed by atoms with Crippen LogP contribution in [-0.2, 0) is 4.79 Å².